The SMILES string of the molecule is C=CCOc1ccc(C(=O)NNC(=O)c2ccc(OCCOC)cc2)cc1. The molecule has 2 aromatic rings. The molecule has 7 heteroatoms. The molecule has 0 atom stereocenters. The van der Waals surface area contributed by atoms with Gasteiger partial charge in [0.05, 0.1) is 6.61 Å². The molecule has 0 radical (unpaired) electrons. The molecule has 27 heavy (non-hydrogen) atoms. The maximum absolute atomic E-state index is 12.1. The molecule has 2 N–H and O–H groups in total. The molecule has 0 aromatic heterocycles. The van der Waals surface area contributed by atoms with Crippen LogP contribution >= 0.6 is 0 Å². The van der Waals surface area contributed by atoms with Crippen molar-refractivity contribution in [1.29, 1.82) is 0 Å². The van der Waals surface area contributed by atoms with E-state index in [1.807, 2.05) is 0 Å². The number of rotatable bonds is 9. The minimum Gasteiger partial charge on any atom is -0.491 e. The molecular weight excluding hydrogens is 348 g/mol. The van der Waals surface area contributed by atoms with Crippen LogP contribution in [0.25, 0.3) is 0 Å². The van der Waals surface area contributed by atoms with Crippen molar-refractivity contribution < 1.29 is 23.8 Å². The van der Waals surface area contributed by atoms with Crippen LogP contribution < -0.4 is 20.3 Å². The molecule has 2 rings (SSSR count). The lowest BCUT2D eigenvalue weighted by Gasteiger charge is -2.09. The second-order valence-electron chi connectivity index (χ2n) is 5.40. The van der Waals surface area contributed by atoms with Crippen molar-refractivity contribution in [3.8, 4) is 11.5 Å². The molecule has 0 aliphatic heterocycles. The smallest absolute Gasteiger partial charge is 0.269 e. The van der Waals surface area contributed by atoms with Gasteiger partial charge in [-0.15, -0.1) is 0 Å². The van der Waals surface area contributed by atoms with Crippen LogP contribution in [0.15, 0.2) is 61.2 Å². The van der Waals surface area contributed by atoms with Crippen LogP contribution in [0.5, 0.6) is 11.5 Å². The summed E-state index contributed by atoms with van der Waals surface area (Å²) < 4.78 is 15.7. The topological polar surface area (TPSA) is 85.9 Å². The fourth-order valence-electron chi connectivity index (χ4n) is 2.06. The van der Waals surface area contributed by atoms with E-state index in [1.165, 1.54) is 0 Å². The summed E-state index contributed by atoms with van der Waals surface area (Å²) in [6, 6.07) is 13.1. The van der Waals surface area contributed by atoms with Gasteiger partial charge in [-0.05, 0) is 48.5 Å². The van der Waals surface area contributed by atoms with Crippen LogP contribution in [0.3, 0.4) is 0 Å². The van der Waals surface area contributed by atoms with Gasteiger partial charge in [0.2, 0.25) is 0 Å². The van der Waals surface area contributed by atoms with Crippen LogP contribution in [0.1, 0.15) is 20.7 Å². The van der Waals surface area contributed by atoms with E-state index in [9.17, 15) is 9.59 Å². The van der Waals surface area contributed by atoms with E-state index >= 15 is 0 Å². The van der Waals surface area contributed by atoms with E-state index in [0.29, 0.717) is 42.4 Å². The molecule has 0 fully saturated rings. The molecule has 0 saturated carbocycles. The van der Waals surface area contributed by atoms with Crippen LogP contribution in [0, 0.1) is 0 Å². The minimum absolute atomic E-state index is 0.387. The highest BCUT2D eigenvalue weighted by Gasteiger charge is 2.09. The molecule has 0 unspecified atom stereocenters. The molecule has 0 spiro atoms. The van der Waals surface area contributed by atoms with Gasteiger partial charge in [-0.1, -0.05) is 12.7 Å². The summed E-state index contributed by atoms with van der Waals surface area (Å²) in [4.78, 5) is 24.2. The number of benzene rings is 2. The molecular formula is C20H22N2O5. The van der Waals surface area contributed by atoms with Crippen LogP contribution in [0.2, 0.25) is 0 Å². The van der Waals surface area contributed by atoms with Crippen LogP contribution in [0.4, 0.5) is 0 Å². The molecule has 0 bridgehead atoms. The van der Waals surface area contributed by atoms with E-state index in [4.69, 9.17) is 14.2 Å². The highest BCUT2D eigenvalue weighted by molar-refractivity contribution is 5.99. The Balaban J connectivity index is 1.83. The number of carbonyl (C=O) groups is 2. The Bertz CT molecular complexity index is 757. The van der Waals surface area contributed by atoms with Crippen molar-refractivity contribution in [3.05, 3.63) is 72.3 Å². The largest absolute Gasteiger partial charge is 0.491 e. The van der Waals surface area contributed by atoms with Crippen molar-refractivity contribution >= 4 is 11.8 Å². The lowest BCUT2D eigenvalue weighted by molar-refractivity contribution is 0.0846. The zero-order chi connectivity index (χ0) is 19.5. The Labute approximate surface area is 157 Å². The number of nitrogens with one attached hydrogen (secondary N) is 2. The molecule has 0 aliphatic rings. The third-order valence-corrected chi connectivity index (χ3v) is 3.45. The first kappa shape index (κ1) is 20.0. The van der Waals surface area contributed by atoms with Crippen molar-refractivity contribution in [1.82, 2.24) is 10.9 Å². The Morgan fingerprint density at radius 2 is 1.33 bits per heavy atom. The van der Waals surface area contributed by atoms with Gasteiger partial charge >= 0.3 is 0 Å². The maximum atomic E-state index is 12.1. The van der Waals surface area contributed by atoms with Gasteiger partial charge in [0.1, 0.15) is 24.7 Å². The van der Waals surface area contributed by atoms with Gasteiger partial charge in [0, 0.05) is 18.2 Å². The molecule has 0 aliphatic carbocycles. The average Bonchev–Trinajstić information content (AvgIpc) is 2.71. The quantitative estimate of drug-likeness (QED) is 0.402. The number of amides is 2. The predicted octanol–water partition coefficient (Wildman–Crippen LogP) is 2.35. The highest BCUT2D eigenvalue weighted by Crippen LogP contribution is 2.13. The number of ether oxygens (including phenoxy) is 3. The Kier molecular flexibility index (Phi) is 7.87. The van der Waals surface area contributed by atoms with Gasteiger partial charge in [0.15, 0.2) is 0 Å². The predicted molar refractivity (Wildman–Crippen MR) is 101 cm³/mol. The summed E-state index contributed by atoms with van der Waals surface area (Å²) >= 11 is 0. The van der Waals surface area contributed by atoms with Gasteiger partial charge < -0.3 is 14.2 Å². The Morgan fingerprint density at radius 3 is 1.78 bits per heavy atom. The van der Waals surface area contributed by atoms with E-state index < -0.39 is 11.8 Å². The van der Waals surface area contributed by atoms with Crippen LogP contribution in [-0.2, 0) is 4.74 Å². The summed E-state index contributed by atoms with van der Waals surface area (Å²) in [6.45, 7) is 4.86. The lowest BCUT2D eigenvalue weighted by Crippen LogP contribution is -2.41. The normalized spacial score (nSPS) is 9.96. The van der Waals surface area contributed by atoms with Gasteiger partial charge in [-0.2, -0.15) is 0 Å². The average molecular weight is 370 g/mol. The summed E-state index contributed by atoms with van der Waals surface area (Å²) in [6.07, 6.45) is 1.63. The van der Waals surface area contributed by atoms with Crippen molar-refractivity contribution in [2.24, 2.45) is 0 Å². The van der Waals surface area contributed by atoms with Crippen LogP contribution in [-0.4, -0.2) is 38.7 Å². The highest BCUT2D eigenvalue weighted by atomic mass is 16.5. The molecule has 0 saturated heterocycles. The fourth-order valence-corrected chi connectivity index (χ4v) is 2.06. The molecule has 2 aromatic carbocycles. The number of hydrazine groups is 1. The third-order valence-electron chi connectivity index (χ3n) is 3.45. The number of hydrogen-bond acceptors (Lipinski definition) is 5. The van der Waals surface area contributed by atoms with Gasteiger partial charge in [-0.25, -0.2) is 0 Å². The van der Waals surface area contributed by atoms with E-state index in [0.717, 1.165) is 0 Å². The number of methoxy groups -OCH3 is 1. The molecule has 2 amide bonds. The van der Waals surface area contributed by atoms with E-state index in [1.54, 1.807) is 61.7 Å². The first-order valence-corrected chi connectivity index (χ1v) is 8.30. The number of hydrogen-bond donors (Lipinski definition) is 2. The van der Waals surface area contributed by atoms with Gasteiger partial charge in [0.25, 0.3) is 11.8 Å². The monoisotopic (exact) mass is 370 g/mol. The standard InChI is InChI=1S/C20H22N2O5/c1-3-12-26-17-8-4-15(5-9-17)19(23)21-22-20(24)16-6-10-18(11-7-16)27-14-13-25-2/h3-11H,1,12-14H2,2H3,(H,21,23)(H,22,24). The molecule has 7 nitrogen and oxygen atoms in total. The molecule has 142 valence electrons. The lowest BCUT2D eigenvalue weighted by atomic mass is 10.2. The van der Waals surface area contributed by atoms with E-state index in [-0.39, 0.29) is 0 Å². The second-order valence-corrected chi connectivity index (χ2v) is 5.40. The van der Waals surface area contributed by atoms with Crippen molar-refractivity contribution in [2.75, 3.05) is 26.9 Å². The zero-order valence-corrected chi connectivity index (χ0v) is 15.1. The summed E-state index contributed by atoms with van der Waals surface area (Å²) in [5.74, 6) is 0.394. The maximum Gasteiger partial charge on any atom is 0.269 e. The van der Waals surface area contributed by atoms with Crippen molar-refractivity contribution in [2.45, 2.75) is 0 Å². The third kappa shape index (κ3) is 6.48. The summed E-state index contributed by atoms with van der Waals surface area (Å²) in [5.41, 5.74) is 5.53. The summed E-state index contributed by atoms with van der Waals surface area (Å²) in [5, 5.41) is 0. The Morgan fingerprint density at radius 1 is 0.852 bits per heavy atom. The fraction of sp³-hybridized carbons (Fsp3) is 0.200. The van der Waals surface area contributed by atoms with Gasteiger partial charge in [-0.3, -0.25) is 20.4 Å². The second kappa shape index (κ2) is 10.6. The minimum atomic E-state index is -0.433. The molecule has 0 heterocycles. The first-order valence-electron chi connectivity index (χ1n) is 8.30. The zero-order valence-electron chi connectivity index (χ0n) is 15.1. The first-order chi connectivity index (χ1) is 13.1. The number of carbonyl (C=O) groups excluding carboxylic acids is 2. The van der Waals surface area contributed by atoms with E-state index in [2.05, 4.69) is 17.4 Å². The Hall–Kier alpha value is -3.32. The van der Waals surface area contributed by atoms with Crippen molar-refractivity contribution in [3.63, 3.8) is 0 Å². The summed E-state index contributed by atoms with van der Waals surface area (Å²) in [7, 11) is 1.59.